The molecule has 0 spiro atoms. The number of hydrogen-bond acceptors (Lipinski definition) is 9. The first-order valence-corrected chi connectivity index (χ1v) is 13.0. The van der Waals surface area contributed by atoms with E-state index >= 15 is 0 Å². The number of aromatic nitrogens is 5. The minimum atomic E-state index is -3.06. The van der Waals surface area contributed by atoms with Crippen molar-refractivity contribution < 1.29 is 32.9 Å². The van der Waals surface area contributed by atoms with Crippen LogP contribution in [-0.2, 0) is 23.3 Å². The van der Waals surface area contributed by atoms with E-state index in [9.17, 15) is 18.7 Å². The van der Waals surface area contributed by atoms with Crippen LogP contribution in [0.4, 0.5) is 8.78 Å². The number of alkyl halides is 2. The molecule has 4 heterocycles. The van der Waals surface area contributed by atoms with Crippen molar-refractivity contribution in [2.45, 2.75) is 39.0 Å². The van der Waals surface area contributed by atoms with Gasteiger partial charge in [0.15, 0.2) is 11.5 Å². The van der Waals surface area contributed by atoms with Crippen LogP contribution in [0.5, 0.6) is 17.4 Å². The van der Waals surface area contributed by atoms with E-state index in [2.05, 4.69) is 15.0 Å². The van der Waals surface area contributed by atoms with Gasteiger partial charge in [0.25, 0.3) is 0 Å². The third kappa shape index (κ3) is 5.12. The zero-order valence-corrected chi connectivity index (χ0v) is 22.8. The summed E-state index contributed by atoms with van der Waals surface area (Å²) in [5, 5.41) is 10.2. The molecule has 0 aliphatic carbocycles. The third-order valence-corrected chi connectivity index (χ3v) is 6.87. The predicted molar refractivity (Wildman–Crippen MR) is 147 cm³/mol. The van der Waals surface area contributed by atoms with E-state index in [-0.39, 0.29) is 36.0 Å². The number of rotatable bonds is 5. The van der Waals surface area contributed by atoms with Gasteiger partial charge in [-0.3, -0.25) is 0 Å². The van der Waals surface area contributed by atoms with Crippen LogP contribution in [0, 0.1) is 0 Å². The van der Waals surface area contributed by atoms with E-state index in [0.717, 1.165) is 16.6 Å². The highest BCUT2D eigenvalue weighted by Crippen LogP contribution is 2.38. The van der Waals surface area contributed by atoms with E-state index in [0.29, 0.717) is 28.3 Å². The molecule has 0 saturated heterocycles. The fourth-order valence-corrected chi connectivity index (χ4v) is 4.80. The molecule has 0 saturated carbocycles. The van der Waals surface area contributed by atoms with Crippen molar-refractivity contribution in [3.63, 3.8) is 0 Å². The van der Waals surface area contributed by atoms with Gasteiger partial charge in [0.2, 0.25) is 5.88 Å². The van der Waals surface area contributed by atoms with Crippen molar-refractivity contribution in [3.8, 4) is 28.5 Å². The van der Waals surface area contributed by atoms with Crippen LogP contribution in [-0.4, -0.2) is 49.3 Å². The first-order valence-electron chi connectivity index (χ1n) is 13.0. The van der Waals surface area contributed by atoms with Crippen LogP contribution in [0.1, 0.15) is 47.1 Å². The molecular weight excluding hydrogens is 548 g/mol. The summed E-state index contributed by atoms with van der Waals surface area (Å²) in [6, 6.07) is 13.5. The molecule has 6 rings (SSSR count). The normalized spacial score (nSPS) is 12.8. The summed E-state index contributed by atoms with van der Waals surface area (Å²) in [5.74, 6) is 0.575. The number of esters is 1. The highest BCUT2D eigenvalue weighted by Gasteiger charge is 2.25. The monoisotopic (exact) mass is 573 g/mol. The van der Waals surface area contributed by atoms with Crippen LogP contribution in [0.3, 0.4) is 0 Å². The molecule has 0 unspecified atom stereocenters. The predicted octanol–water partition coefficient (Wildman–Crippen LogP) is 5.25. The fourth-order valence-electron chi connectivity index (χ4n) is 4.80. The minimum Gasteiger partial charge on any atom is -0.464 e. The maximum absolute atomic E-state index is 13.4. The smallest absolute Gasteiger partial charge is 0.387 e. The van der Waals surface area contributed by atoms with Crippen LogP contribution in [0.25, 0.3) is 22.2 Å². The van der Waals surface area contributed by atoms with Gasteiger partial charge in [-0.2, -0.15) is 8.78 Å². The molecule has 0 atom stereocenters. The van der Waals surface area contributed by atoms with Crippen LogP contribution in [0.2, 0.25) is 0 Å². The van der Waals surface area contributed by atoms with Crippen LogP contribution < -0.4 is 9.47 Å². The summed E-state index contributed by atoms with van der Waals surface area (Å²) in [5.41, 5.74) is 2.76. The second-order valence-corrected chi connectivity index (χ2v) is 10.2. The van der Waals surface area contributed by atoms with E-state index in [4.69, 9.17) is 19.2 Å². The molecule has 42 heavy (non-hydrogen) atoms. The van der Waals surface area contributed by atoms with Gasteiger partial charge in [0.05, 0.1) is 30.3 Å². The van der Waals surface area contributed by atoms with Gasteiger partial charge in [-0.1, -0.05) is 18.2 Å². The number of methoxy groups -OCH3 is 1. The van der Waals surface area contributed by atoms with Gasteiger partial charge in [0.1, 0.15) is 22.9 Å². The number of carbonyl (C=O) groups excluding carboxylic acids is 1. The SMILES string of the molecule is COC(=O)c1ccc2c(n1)Oc1cccc(OC(F)F)c1Cn1c(nc3ccc(-c4cnc(C(C)(C)O)nc4)cc31)C2. The van der Waals surface area contributed by atoms with Crippen molar-refractivity contribution >= 4 is 17.0 Å². The number of imidazole rings is 1. The van der Waals surface area contributed by atoms with Gasteiger partial charge in [-0.25, -0.2) is 24.7 Å². The van der Waals surface area contributed by atoms with Crippen molar-refractivity contribution in [3.05, 3.63) is 89.4 Å². The van der Waals surface area contributed by atoms with Crippen molar-refractivity contribution in [1.29, 1.82) is 0 Å². The number of fused-ring (bicyclic) bond motifs is 5. The Morgan fingerprint density at radius 2 is 1.86 bits per heavy atom. The largest absolute Gasteiger partial charge is 0.464 e. The van der Waals surface area contributed by atoms with Crippen molar-refractivity contribution in [1.82, 2.24) is 24.5 Å². The molecular formula is C30H25F2N5O5. The lowest BCUT2D eigenvalue weighted by atomic mass is 10.1. The second kappa shape index (κ2) is 10.5. The maximum atomic E-state index is 13.4. The highest BCUT2D eigenvalue weighted by molar-refractivity contribution is 5.87. The molecule has 214 valence electrons. The summed E-state index contributed by atoms with van der Waals surface area (Å²) < 4.78 is 44.6. The standard InChI is InChI=1S/C30H25F2N5O5/c1-30(2,39)28-33-13-18(14-34-28)16-7-9-20-22(11-16)37-15-19-23(5-4-6-24(19)42-29(31)32)41-26-17(12-25(37)35-20)8-10-21(36-26)27(38)40-3/h4-11,13-14,29,39H,12,15H2,1-3H3. The number of carbonyl (C=O) groups is 1. The maximum Gasteiger partial charge on any atom is 0.387 e. The molecule has 2 aromatic carbocycles. The molecule has 5 aromatic rings. The molecule has 0 fully saturated rings. The summed E-state index contributed by atoms with van der Waals surface area (Å²) in [6.45, 7) is 0.258. The summed E-state index contributed by atoms with van der Waals surface area (Å²) in [7, 11) is 1.25. The zero-order valence-electron chi connectivity index (χ0n) is 22.8. The van der Waals surface area contributed by atoms with Gasteiger partial charge in [-0.05, 0) is 49.7 Å². The Morgan fingerprint density at radius 3 is 2.57 bits per heavy atom. The van der Waals surface area contributed by atoms with Crippen LogP contribution >= 0.6 is 0 Å². The summed E-state index contributed by atoms with van der Waals surface area (Å²) >= 11 is 0. The van der Waals surface area contributed by atoms with Gasteiger partial charge in [-0.15, -0.1) is 0 Å². The number of ether oxygens (including phenoxy) is 3. The first-order chi connectivity index (χ1) is 20.1. The number of hydrogen-bond donors (Lipinski definition) is 1. The molecule has 10 nitrogen and oxygen atoms in total. The second-order valence-electron chi connectivity index (χ2n) is 10.2. The molecule has 0 bridgehead atoms. The lowest BCUT2D eigenvalue weighted by molar-refractivity contribution is -0.0505. The Labute approximate surface area is 238 Å². The quantitative estimate of drug-likeness (QED) is 0.276. The zero-order chi connectivity index (χ0) is 29.6. The molecule has 0 amide bonds. The number of aliphatic hydroxyl groups is 1. The minimum absolute atomic E-state index is 0.0352. The number of benzene rings is 2. The lowest BCUT2D eigenvalue weighted by Gasteiger charge is -2.16. The number of pyridine rings is 1. The van der Waals surface area contributed by atoms with Gasteiger partial charge < -0.3 is 23.9 Å². The number of halogens is 2. The Morgan fingerprint density at radius 1 is 1.07 bits per heavy atom. The van der Waals surface area contributed by atoms with Crippen LogP contribution in [0.15, 0.2) is 60.9 Å². The number of nitrogens with zero attached hydrogens (tertiary/aromatic N) is 5. The molecule has 12 heteroatoms. The molecule has 1 aliphatic rings. The van der Waals surface area contributed by atoms with Crippen molar-refractivity contribution in [2.24, 2.45) is 0 Å². The Balaban J connectivity index is 1.53. The average molecular weight is 574 g/mol. The first kappa shape index (κ1) is 27.2. The Kier molecular flexibility index (Phi) is 6.77. The third-order valence-electron chi connectivity index (χ3n) is 6.87. The topological polar surface area (TPSA) is 121 Å². The summed E-state index contributed by atoms with van der Waals surface area (Å²) in [4.78, 5) is 30.0. The molecule has 1 aliphatic heterocycles. The van der Waals surface area contributed by atoms with E-state index in [1.807, 2.05) is 22.8 Å². The van der Waals surface area contributed by atoms with E-state index in [1.165, 1.54) is 19.2 Å². The Hall–Kier alpha value is -4.97. The lowest BCUT2D eigenvalue weighted by Crippen LogP contribution is -2.19. The van der Waals surface area contributed by atoms with Crippen molar-refractivity contribution in [2.75, 3.05) is 7.11 Å². The average Bonchev–Trinajstić information content (AvgIpc) is 3.32. The molecule has 3 aromatic heterocycles. The molecule has 0 radical (unpaired) electrons. The van der Waals surface area contributed by atoms with E-state index < -0.39 is 18.2 Å². The molecule has 1 N–H and O–H groups in total. The summed E-state index contributed by atoms with van der Waals surface area (Å²) in [6.07, 6.45) is 3.54. The fraction of sp³-hybridized carbons (Fsp3) is 0.233. The van der Waals surface area contributed by atoms with Gasteiger partial charge in [0, 0.05) is 29.9 Å². The Bertz CT molecular complexity index is 1820. The highest BCUT2D eigenvalue weighted by atomic mass is 19.3. The van der Waals surface area contributed by atoms with E-state index in [1.54, 1.807) is 44.4 Å². The van der Waals surface area contributed by atoms with Gasteiger partial charge >= 0.3 is 12.6 Å².